The van der Waals surface area contributed by atoms with E-state index in [1.807, 2.05) is 6.07 Å². The summed E-state index contributed by atoms with van der Waals surface area (Å²) >= 11 is 1.80. The second kappa shape index (κ2) is 8.27. The van der Waals surface area contributed by atoms with Crippen LogP contribution in [0, 0.1) is 0 Å². The van der Waals surface area contributed by atoms with Crippen molar-refractivity contribution in [1.82, 2.24) is 20.1 Å². The molecule has 6 nitrogen and oxygen atoms in total. The molecule has 2 aromatic rings. The predicted octanol–water partition coefficient (Wildman–Crippen LogP) is 4.47. The van der Waals surface area contributed by atoms with Crippen LogP contribution >= 0.6 is 11.3 Å². The standard InChI is InChI=1S/C23H30N4O2S/c28-21-23(12-6-2-1-3-7-13-23)25-22(29)27(21)16-26-14-10-17(11-15-26)20-24-18-8-4-5-9-19(18)30-20/h4-5,8-9,17H,1-3,6-7,10-16H2,(H,25,29). The highest BCUT2D eigenvalue weighted by molar-refractivity contribution is 7.18. The molecule has 7 heteroatoms. The fourth-order valence-electron chi connectivity index (χ4n) is 5.24. The van der Waals surface area contributed by atoms with E-state index in [1.165, 1.54) is 21.0 Å². The number of carbonyl (C=O) groups is 2. The van der Waals surface area contributed by atoms with Crippen molar-refractivity contribution in [3.8, 4) is 0 Å². The van der Waals surface area contributed by atoms with E-state index in [4.69, 9.17) is 4.98 Å². The Morgan fingerprint density at radius 1 is 1.03 bits per heavy atom. The molecule has 3 heterocycles. The number of hydrogen-bond acceptors (Lipinski definition) is 5. The Morgan fingerprint density at radius 2 is 1.73 bits per heavy atom. The zero-order valence-corrected chi connectivity index (χ0v) is 18.3. The Morgan fingerprint density at radius 3 is 2.47 bits per heavy atom. The summed E-state index contributed by atoms with van der Waals surface area (Å²) in [5.41, 5.74) is 0.445. The molecular formula is C23H30N4O2S. The molecule has 1 aliphatic carbocycles. The fourth-order valence-corrected chi connectivity index (χ4v) is 6.37. The summed E-state index contributed by atoms with van der Waals surface area (Å²) < 4.78 is 1.25. The monoisotopic (exact) mass is 426 g/mol. The molecule has 160 valence electrons. The molecule has 0 unspecified atom stereocenters. The van der Waals surface area contributed by atoms with Crippen molar-refractivity contribution < 1.29 is 9.59 Å². The second-order valence-electron chi connectivity index (χ2n) is 9.07. The quantitative estimate of drug-likeness (QED) is 0.736. The van der Waals surface area contributed by atoms with Gasteiger partial charge in [-0.25, -0.2) is 14.7 Å². The maximum atomic E-state index is 13.2. The molecule has 30 heavy (non-hydrogen) atoms. The number of hydrogen-bond donors (Lipinski definition) is 1. The lowest BCUT2D eigenvalue weighted by atomic mass is 9.84. The maximum absolute atomic E-state index is 13.2. The van der Waals surface area contributed by atoms with Gasteiger partial charge in [-0.15, -0.1) is 11.3 Å². The summed E-state index contributed by atoms with van der Waals surface area (Å²) in [5.74, 6) is 0.474. The van der Waals surface area contributed by atoms with Crippen LogP contribution in [-0.4, -0.2) is 52.0 Å². The van der Waals surface area contributed by atoms with Crippen molar-refractivity contribution in [2.24, 2.45) is 0 Å². The van der Waals surface area contributed by atoms with Crippen LogP contribution in [0.25, 0.3) is 10.2 Å². The lowest BCUT2D eigenvalue weighted by molar-refractivity contribution is -0.133. The first-order chi connectivity index (χ1) is 14.6. The van der Waals surface area contributed by atoms with E-state index in [0.717, 1.165) is 70.0 Å². The Balaban J connectivity index is 1.21. The van der Waals surface area contributed by atoms with Gasteiger partial charge in [-0.3, -0.25) is 9.69 Å². The van der Waals surface area contributed by atoms with Gasteiger partial charge in [0, 0.05) is 19.0 Å². The number of fused-ring (bicyclic) bond motifs is 1. The normalized spacial score (nSPS) is 23.7. The van der Waals surface area contributed by atoms with Gasteiger partial charge in [0.2, 0.25) is 0 Å². The molecule has 3 fully saturated rings. The van der Waals surface area contributed by atoms with Crippen LogP contribution in [-0.2, 0) is 4.79 Å². The van der Waals surface area contributed by atoms with Crippen molar-refractivity contribution in [2.75, 3.05) is 19.8 Å². The molecule has 2 saturated heterocycles. The van der Waals surface area contributed by atoms with Gasteiger partial charge in [-0.1, -0.05) is 44.2 Å². The summed E-state index contributed by atoms with van der Waals surface area (Å²) in [5, 5.41) is 4.30. The highest BCUT2D eigenvalue weighted by Gasteiger charge is 2.50. The molecule has 1 aromatic heterocycles. The number of rotatable bonds is 3. The summed E-state index contributed by atoms with van der Waals surface area (Å²) in [7, 11) is 0. The SMILES string of the molecule is O=C1NC2(CCCCCCC2)C(=O)N1CN1CCC(c2nc3ccccc3s2)CC1. The number of nitrogens with zero attached hydrogens (tertiary/aromatic N) is 3. The molecule has 1 spiro atoms. The summed E-state index contributed by atoms with van der Waals surface area (Å²) in [4.78, 5) is 34.5. The van der Waals surface area contributed by atoms with Gasteiger partial charge in [0.25, 0.3) is 5.91 Å². The highest BCUT2D eigenvalue weighted by atomic mass is 32.1. The number of aromatic nitrogens is 1. The molecule has 1 aromatic carbocycles. The number of carbonyl (C=O) groups excluding carboxylic acids is 2. The van der Waals surface area contributed by atoms with Gasteiger partial charge in [0.15, 0.2) is 0 Å². The Hall–Kier alpha value is -1.99. The van der Waals surface area contributed by atoms with Crippen LogP contribution in [0.3, 0.4) is 0 Å². The van der Waals surface area contributed by atoms with Crippen LogP contribution in [0.1, 0.15) is 68.7 Å². The molecule has 3 amide bonds. The minimum atomic E-state index is -0.642. The Labute approximate surface area is 181 Å². The zero-order chi connectivity index (χ0) is 20.6. The molecular weight excluding hydrogens is 396 g/mol. The number of nitrogens with one attached hydrogen (secondary N) is 1. The number of urea groups is 1. The summed E-state index contributed by atoms with van der Waals surface area (Å²) in [6, 6.07) is 8.11. The summed E-state index contributed by atoms with van der Waals surface area (Å²) in [6.07, 6.45) is 9.21. The fraction of sp³-hybridized carbons (Fsp3) is 0.609. The minimum Gasteiger partial charge on any atom is -0.323 e. The highest BCUT2D eigenvalue weighted by Crippen LogP contribution is 2.35. The van der Waals surface area contributed by atoms with E-state index < -0.39 is 5.54 Å². The Bertz CT molecular complexity index is 893. The first-order valence-electron chi connectivity index (χ1n) is 11.4. The van der Waals surface area contributed by atoms with Gasteiger partial charge in [-0.05, 0) is 37.8 Å². The first kappa shape index (κ1) is 19.9. The van der Waals surface area contributed by atoms with Crippen molar-refractivity contribution in [1.29, 1.82) is 0 Å². The van der Waals surface area contributed by atoms with Crippen LogP contribution in [0.2, 0.25) is 0 Å². The third-order valence-corrected chi connectivity index (χ3v) is 8.24. The van der Waals surface area contributed by atoms with E-state index in [-0.39, 0.29) is 11.9 Å². The van der Waals surface area contributed by atoms with Gasteiger partial charge < -0.3 is 5.32 Å². The number of para-hydroxylation sites is 1. The first-order valence-corrected chi connectivity index (χ1v) is 12.2. The number of piperidine rings is 1. The van der Waals surface area contributed by atoms with E-state index in [2.05, 4.69) is 28.4 Å². The van der Waals surface area contributed by atoms with Crippen molar-refractivity contribution in [3.05, 3.63) is 29.3 Å². The van der Waals surface area contributed by atoms with Crippen LogP contribution in [0.5, 0.6) is 0 Å². The lowest BCUT2D eigenvalue weighted by Gasteiger charge is -2.33. The maximum Gasteiger partial charge on any atom is 0.326 e. The smallest absolute Gasteiger partial charge is 0.323 e. The summed E-state index contributed by atoms with van der Waals surface area (Å²) in [6.45, 7) is 2.20. The van der Waals surface area contributed by atoms with Crippen molar-refractivity contribution in [2.45, 2.75) is 69.2 Å². The average molecular weight is 427 g/mol. The largest absolute Gasteiger partial charge is 0.326 e. The van der Waals surface area contributed by atoms with E-state index in [1.54, 1.807) is 11.3 Å². The predicted molar refractivity (Wildman–Crippen MR) is 118 cm³/mol. The molecule has 0 bridgehead atoms. The third kappa shape index (κ3) is 3.73. The number of likely N-dealkylation sites (tertiary alicyclic amines) is 1. The topological polar surface area (TPSA) is 65.5 Å². The van der Waals surface area contributed by atoms with Crippen LogP contribution in [0.4, 0.5) is 4.79 Å². The molecule has 0 radical (unpaired) electrons. The van der Waals surface area contributed by atoms with Gasteiger partial charge in [-0.2, -0.15) is 0 Å². The molecule has 1 N–H and O–H groups in total. The number of benzene rings is 1. The second-order valence-corrected chi connectivity index (χ2v) is 10.1. The van der Waals surface area contributed by atoms with Crippen LogP contribution in [0.15, 0.2) is 24.3 Å². The molecule has 5 rings (SSSR count). The average Bonchev–Trinajstić information content (AvgIpc) is 3.27. The van der Waals surface area contributed by atoms with Crippen LogP contribution < -0.4 is 5.32 Å². The molecule has 0 atom stereocenters. The van der Waals surface area contributed by atoms with E-state index >= 15 is 0 Å². The molecule has 1 saturated carbocycles. The number of thiazole rings is 1. The van der Waals surface area contributed by atoms with Crippen molar-refractivity contribution >= 4 is 33.5 Å². The molecule has 3 aliphatic rings. The molecule has 2 aliphatic heterocycles. The van der Waals surface area contributed by atoms with E-state index in [9.17, 15) is 9.59 Å². The van der Waals surface area contributed by atoms with Gasteiger partial charge in [0.05, 0.1) is 21.9 Å². The van der Waals surface area contributed by atoms with Gasteiger partial charge in [0.1, 0.15) is 5.54 Å². The van der Waals surface area contributed by atoms with E-state index in [0.29, 0.717) is 12.6 Å². The lowest BCUT2D eigenvalue weighted by Crippen LogP contribution is -2.48. The third-order valence-electron chi connectivity index (χ3n) is 7.04. The Kier molecular flexibility index (Phi) is 5.50. The van der Waals surface area contributed by atoms with Crippen molar-refractivity contribution in [3.63, 3.8) is 0 Å². The minimum absolute atomic E-state index is 0.00250. The van der Waals surface area contributed by atoms with Gasteiger partial charge >= 0.3 is 6.03 Å². The zero-order valence-electron chi connectivity index (χ0n) is 17.4. The number of imide groups is 1. The number of amides is 3.